The van der Waals surface area contributed by atoms with Crippen molar-refractivity contribution in [2.75, 3.05) is 0 Å². The first kappa shape index (κ1) is 11.8. The zero-order valence-electron chi connectivity index (χ0n) is 8.98. The van der Waals surface area contributed by atoms with Gasteiger partial charge in [0.1, 0.15) is 5.76 Å². The Hall–Kier alpha value is -1.18. The normalized spacial score (nSPS) is 12.4. The van der Waals surface area contributed by atoms with Crippen LogP contribution in [0.3, 0.4) is 0 Å². The monoisotopic (exact) mass is 181 g/mol. The van der Waals surface area contributed by atoms with E-state index in [0.29, 0.717) is 11.5 Å². The molecule has 2 nitrogen and oxygen atoms in total. The van der Waals surface area contributed by atoms with E-state index in [0.717, 1.165) is 11.1 Å². The molecule has 2 N–H and O–H groups in total. The predicted octanol–water partition coefficient (Wildman–Crippen LogP) is 2.73. The lowest BCUT2D eigenvalue weighted by Gasteiger charge is -2.14. The lowest BCUT2D eigenvalue weighted by atomic mass is 10.1. The van der Waals surface area contributed by atoms with Crippen molar-refractivity contribution < 1.29 is 4.74 Å². The average Bonchev–Trinajstić information content (AvgIpc) is 2.00. The van der Waals surface area contributed by atoms with Gasteiger partial charge in [-0.1, -0.05) is 13.2 Å². The first-order valence-corrected chi connectivity index (χ1v) is 4.34. The minimum atomic E-state index is 0.125. The van der Waals surface area contributed by atoms with Gasteiger partial charge in [-0.25, -0.2) is 0 Å². The summed E-state index contributed by atoms with van der Waals surface area (Å²) >= 11 is 0. The second-order valence-corrected chi connectivity index (χ2v) is 3.41. The molecular formula is C11H19NO. The minimum absolute atomic E-state index is 0.125. The molecule has 0 unspecified atom stereocenters. The molecule has 0 fully saturated rings. The highest BCUT2D eigenvalue weighted by Gasteiger charge is 2.05. The van der Waals surface area contributed by atoms with E-state index in [4.69, 9.17) is 10.5 Å². The Bertz CT molecular complexity index is 249. The molecule has 0 saturated heterocycles. The Morgan fingerprint density at radius 2 is 1.69 bits per heavy atom. The van der Waals surface area contributed by atoms with Crippen molar-refractivity contribution in [3.05, 3.63) is 35.8 Å². The molecule has 0 atom stereocenters. The summed E-state index contributed by atoms with van der Waals surface area (Å²) in [6.45, 7) is 15.2. The van der Waals surface area contributed by atoms with E-state index in [1.165, 1.54) is 0 Å². The summed E-state index contributed by atoms with van der Waals surface area (Å²) in [6.07, 6.45) is 0.125. The fraction of sp³-hybridized carbons (Fsp3) is 0.455. The Kier molecular flexibility index (Phi) is 4.32. The molecule has 13 heavy (non-hydrogen) atoms. The van der Waals surface area contributed by atoms with Crippen LogP contribution >= 0.6 is 0 Å². The van der Waals surface area contributed by atoms with E-state index in [9.17, 15) is 0 Å². The van der Waals surface area contributed by atoms with Crippen LogP contribution in [-0.4, -0.2) is 6.10 Å². The maximum Gasteiger partial charge on any atom is 0.117 e. The van der Waals surface area contributed by atoms with Crippen LogP contribution in [0.4, 0.5) is 0 Å². The van der Waals surface area contributed by atoms with Crippen LogP contribution in [0.25, 0.3) is 0 Å². The van der Waals surface area contributed by atoms with Gasteiger partial charge in [0.2, 0.25) is 0 Å². The van der Waals surface area contributed by atoms with E-state index in [1.54, 1.807) is 0 Å². The standard InChI is InChI=1S/C11H19NO/c1-7(2)11(12)9(5)10(6)13-8(3)4/h8H,1,6,12H2,2-5H3/b11-9+. The van der Waals surface area contributed by atoms with Crippen LogP contribution in [0.5, 0.6) is 0 Å². The molecule has 74 valence electrons. The highest BCUT2D eigenvalue weighted by atomic mass is 16.5. The summed E-state index contributed by atoms with van der Waals surface area (Å²) in [6, 6.07) is 0. The highest BCUT2D eigenvalue weighted by Crippen LogP contribution is 2.16. The first-order valence-electron chi connectivity index (χ1n) is 4.34. The molecule has 0 aliphatic carbocycles. The van der Waals surface area contributed by atoms with E-state index in [2.05, 4.69) is 13.2 Å². The van der Waals surface area contributed by atoms with Gasteiger partial charge in [0.05, 0.1) is 6.10 Å². The number of hydrogen-bond acceptors (Lipinski definition) is 2. The van der Waals surface area contributed by atoms with E-state index in [-0.39, 0.29) is 6.10 Å². The van der Waals surface area contributed by atoms with Crippen molar-refractivity contribution in [3.8, 4) is 0 Å². The van der Waals surface area contributed by atoms with Gasteiger partial charge in [0.25, 0.3) is 0 Å². The SMILES string of the molecule is C=C(OC(C)C)/C(C)=C(/N)C(=C)C. The maximum atomic E-state index is 5.78. The molecular weight excluding hydrogens is 162 g/mol. The summed E-state index contributed by atoms with van der Waals surface area (Å²) < 4.78 is 5.41. The van der Waals surface area contributed by atoms with Gasteiger partial charge in [-0.2, -0.15) is 0 Å². The van der Waals surface area contributed by atoms with Crippen LogP contribution in [0.15, 0.2) is 35.8 Å². The number of rotatable bonds is 4. The van der Waals surface area contributed by atoms with Gasteiger partial charge in [0.15, 0.2) is 0 Å². The zero-order valence-corrected chi connectivity index (χ0v) is 8.98. The van der Waals surface area contributed by atoms with Crippen LogP contribution < -0.4 is 5.73 Å². The van der Waals surface area contributed by atoms with Crippen LogP contribution in [0.1, 0.15) is 27.7 Å². The van der Waals surface area contributed by atoms with Crippen molar-refractivity contribution in [1.82, 2.24) is 0 Å². The molecule has 0 heterocycles. The Labute approximate surface area is 80.8 Å². The van der Waals surface area contributed by atoms with Gasteiger partial charge in [-0.3, -0.25) is 0 Å². The van der Waals surface area contributed by atoms with Gasteiger partial charge in [-0.15, -0.1) is 0 Å². The molecule has 0 amide bonds. The number of nitrogens with two attached hydrogens (primary N) is 1. The Balaban J connectivity index is 4.59. The smallest absolute Gasteiger partial charge is 0.117 e. The molecule has 0 radical (unpaired) electrons. The molecule has 0 aliphatic rings. The predicted molar refractivity (Wildman–Crippen MR) is 57.1 cm³/mol. The van der Waals surface area contributed by atoms with Gasteiger partial charge < -0.3 is 10.5 Å². The molecule has 0 spiro atoms. The number of ether oxygens (including phenoxy) is 1. The largest absolute Gasteiger partial charge is 0.491 e. The summed E-state index contributed by atoms with van der Waals surface area (Å²) in [7, 11) is 0. The van der Waals surface area contributed by atoms with Crippen molar-refractivity contribution in [2.24, 2.45) is 5.73 Å². The fourth-order valence-corrected chi connectivity index (χ4v) is 0.843. The Morgan fingerprint density at radius 3 is 2.00 bits per heavy atom. The third-order valence-corrected chi connectivity index (χ3v) is 1.66. The average molecular weight is 181 g/mol. The third-order valence-electron chi connectivity index (χ3n) is 1.66. The summed E-state index contributed by atoms with van der Waals surface area (Å²) in [5.74, 6) is 0.621. The number of hydrogen-bond donors (Lipinski definition) is 1. The molecule has 0 aromatic rings. The van der Waals surface area contributed by atoms with Crippen LogP contribution in [0, 0.1) is 0 Å². The minimum Gasteiger partial charge on any atom is -0.491 e. The van der Waals surface area contributed by atoms with E-state index >= 15 is 0 Å². The second kappa shape index (κ2) is 4.75. The van der Waals surface area contributed by atoms with Crippen LogP contribution in [0.2, 0.25) is 0 Å². The molecule has 0 aromatic heterocycles. The first-order chi connectivity index (χ1) is 5.86. The lowest BCUT2D eigenvalue weighted by Crippen LogP contribution is -2.08. The molecule has 0 saturated carbocycles. The molecule has 2 heteroatoms. The number of allylic oxidation sites excluding steroid dienone is 2. The molecule has 0 bridgehead atoms. The topological polar surface area (TPSA) is 35.2 Å². The van der Waals surface area contributed by atoms with Crippen molar-refractivity contribution >= 4 is 0 Å². The van der Waals surface area contributed by atoms with Gasteiger partial charge in [-0.05, 0) is 33.3 Å². The third kappa shape index (κ3) is 3.83. The molecule has 0 rings (SSSR count). The fourth-order valence-electron chi connectivity index (χ4n) is 0.843. The van der Waals surface area contributed by atoms with Gasteiger partial charge in [0, 0.05) is 11.3 Å². The van der Waals surface area contributed by atoms with Crippen LogP contribution in [-0.2, 0) is 4.74 Å². The summed E-state index contributed by atoms with van der Waals surface area (Å²) in [4.78, 5) is 0. The molecule has 0 aromatic carbocycles. The molecule has 0 aliphatic heterocycles. The Morgan fingerprint density at radius 1 is 1.23 bits per heavy atom. The van der Waals surface area contributed by atoms with Crippen molar-refractivity contribution in [2.45, 2.75) is 33.8 Å². The quantitative estimate of drug-likeness (QED) is 0.534. The van der Waals surface area contributed by atoms with E-state index in [1.807, 2.05) is 27.7 Å². The summed E-state index contributed by atoms with van der Waals surface area (Å²) in [5.41, 5.74) is 8.14. The summed E-state index contributed by atoms with van der Waals surface area (Å²) in [5, 5.41) is 0. The highest BCUT2D eigenvalue weighted by molar-refractivity contribution is 5.36. The second-order valence-electron chi connectivity index (χ2n) is 3.41. The lowest BCUT2D eigenvalue weighted by molar-refractivity contribution is 0.155. The zero-order chi connectivity index (χ0) is 10.6. The van der Waals surface area contributed by atoms with Crippen molar-refractivity contribution in [3.63, 3.8) is 0 Å². The van der Waals surface area contributed by atoms with Crippen molar-refractivity contribution in [1.29, 1.82) is 0 Å². The van der Waals surface area contributed by atoms with E-state index < -0.39 is 0 Å². The maximum absolute atomic E-state index is 5.78. The van der Waals surface area contributed by atoms with Gasteiger partial charge >= 0.3 is 0 Å².